The number of rotatable bonds is 6. The van der Waals surface area contributed by atoms with E-state index in [1.807, 2.05) is 0 Å². The van der Waals surface area contributed by atoms with E-state index in [1.54, 1.807) is 48.5 Å². The number of benzene rings is 4. The van der Waals surface area contributed by atoms with E-state index >= 15 is 0 Å². The molecule has 0 saturated heterocycles. The fourth-order valence-corrected chi connectivity index (χ4v) is 7.61. The number of hydrogen-bond acceptors (Lipinski definition) is 8. The second kappa shape index (κ2) is 12.5. The van der Waals surface area contributed by atoms with Gasteiger partial charge in [0, 0.05) is 11.1 Å². The number of halogens is 2. The average molecular weight is 633 g/mol. The molecule has 0 fully saturated rings. The predicted octanol–water partition coefficient (Wildman–Crippen LogP) is 5.11. The summed E-state index contributed by atoms with van der Waals surface area (Å²) in [5.74, 6) is -0.252. The van der Waals surface area contributed by atoms with E-state index in [1.165, 1.54) is 50.6 Å². The number of phosphoric ester groups is 1. The van der Waals surface area contributed by atoms with Crippen LogP contribution in [-0.2, 0) is 13.6 Å². The number of methoxy groups -OCH3 is 2. The van der Waals surface area contributed by atoms with Crippen molar-refractivity contribution in [2.75, 3.05) is 14.2 Å². The molecule has 0 atom stereocenters. The molecule has 2 heterocycles. The zero-order valence-corrected chi connectivity index (χ0v) is 27.1. The number of fused-ring (bicyclic) bond motifs is 4. The SMILES string of the molecule is COc1cccc2c1Sc1c(F)cccc1C=C2OP(=O)([O-])OC1=Cc2cccc(F)c2Sc2c(OC)cccc21.[Na+]. The zero-order chi connectivity index (χ0) is 28.7. The van der Waals surface area contributed by atoms with Crippen LogP contribution in [0, 0.1) is 11.6 Å². The van der Waals surface area contributed by atoms with E-state index in [0.29, 0.717) is 53.3 Å². The van der Waals surface area contributed by atoms with Crippen molar-refractivity contribution in [1.29, 1.82) is 0 Å². The first-order valence-electron chi connectivity index (χ1n) is 12.2. The van der Waals surface area contributed by atoms with Crippen molar-refractivity contribution < 1.29 is 66.3 Å². The van der Waals surface area contributed by atoms with Crippen molar-refractivity contribution >= 4 is 55.0 Å². The molecule has 0 spiro atoms. The van der Waals surface area contributed by atoms with E-state index < -0.39 is 19.5 Å². The normalized spacial score (nSPS) is 13.4. The van der Waals surface area contributed by atoms with Crippen molar-refractivity contribution in [3.8, 4) is 11.5 Å². The third-order valence-corrected chi connectivity index (χ3v) is 9.69. The summed E-state index contributed by atoms with van der Waals surface area (Å²) in [5, 5.41) is 0. The van der Waals surface area contributed by atoms with Gasteiger partial charge in [-0.3, -0.25) is 0 Å². The second-order valence-electron chi connectivity index (χ2n) is 8.84. The van der Waals surface area contributed by atoms with Gasteiger partial charge in [-0.15, -0.1) is 0 Å². The molecule has 0 bridgehead atoms. The van der Waals surface area contributed by atoms with Gasteiger partial charge < -0.3 is 23.4 Å². The van der Waals surface area contributed by atoms with Gasteiger partial charge in [0.25, 0.3) is 0 Å². The summed E-state index contributed by atoms with van der Waals surface area (Å²) in [7, 11) is -2.21. The van der Waals surface area contributed by atoms with Crippen LogP contribution in [0.4, 0.5) is 8.78 Å². The van der Waals surface area contributed by atoms with Gasteiger partial charge in [0.05, 0.1) is 33.8 Å². The molecular formula is C30H20F2NaO6PS2. The molecule has 2 aliphatic heterocycles. The Kier molecular flexibility index (Phi) is 9.16. The van der Waals surface area contributed by atoms with Crippen LogP contribution < -0.4 is 43.9 Å². The molecule has 0 amide bonds. The van der Waals surface area contributed by atoms with E-state index in [-0.39, 0.29) is 41.1 Å². The summed E-state index contributed by atoms with van der Waals surface area (Å²) in [6.45, 7) is 0. The van der Waals surface area contributed by atoms with Gasteiger partial charge in [-0.2, -0.15) is 0 Å². The van der Waals surface area contributed by atoms with Crippen molar-refractivity contribution in [3.63, 3.8) is 0 Å². The third kappa shape index (κ3) is 5.90. The maximum absolute atomic E-state index is 14.8. The molecule has 0 aliphatic carbocycles. The number of hydrogen-bond donors (Lipinski definition) is 0. The standard InChI is InChI=1S/C30H21F2O6PS2.Na/c1-35-23-13-5-9-19-25(15-17-7-3-11-21(31)27(17)40-29(19)23)37-39(33,34)38-26-16-18-8-4-12-22(32)28(18)41-30-20(26)10-6-14-24(30)36-2;/h3-16H,1-2H3,(H,33,34);/q;+1/p-1. The van der Waals surface area contributed by atoms with Gasteiger partial charge in [-0.25, -0.2) is 13.3 Å². The van der Waals surface area contributed by atoms with E-state index in [0.717, 1.165) is 23.5 Å². The Balaban J connectivity index is 0.00000353. The summed E-state index contributed by atoms with van der Waals surface area (Å²) >= 11 is 2.22. The third-order valence-electron chi connectivity index (χ3n) is 6.33. The molecule has 42 heavy (non-hydrogen) atoms. The van der Waals surface area contributed by atoms with Crippen LogP contribution in [0.15, 0.2) is 92.4 Å². The molecular weight excluding hydrogens is 612 g/mol. The van der Waals surface area contributed by atoms with Gasteiger partial charge in [-0.05, 0) is 59.7 Å². The summed E-state index contributed by atoms with van der Waals surface area (Å²) in [6, 6.07) is 19.1. The Morgan fingerprint density at radius 2 is 1.05 bits per heavy atom. The molecule has 2 aliphatic rings. The van der Waals surface area contributed by atoms with E-state index in [2.05, 4.69) is 0 Å². The van der Waals surface area contributed by atoms with E-state index in [9.17, 15) is 18.2 Å². The van der Waals surface area contributed by atoms with Crippen LogP contribution in [-0.4, -0.2) is 14.2 Å². The average Bonchev–Trinajstić information content (AvgIpc) is 3.21. The largest absolute Gasteiger partial charge is 1.00 e. The van der Waals surface area contributed by atoms with Crippen LogP contribution in [0.3, 0.4) is 0 Å². The van der Waals surface area contributed by atoms with Crippen LogP contribution >= 0.6 is 31.3 Å². The maximum atomic E-state index is 14.8. The van der Waals surface area contributed by atoms with Crippen LogP contribution in [0.2, 0.25) is 0 Å². The van der Waals surface area contributed by atoms with Crippen LogP contribution in [0.5, 0.6) is 11.5 Å². The molecule has 208 valence electrons. The monoisotopic (exact) mass is 632 g/mol. The first-order chi connectivity index (χ1) is 19.8. The maximum Gasteiger partial charge on any atom is 1.00 e. The van der Waals surface area contributed by atoms with E-state index in [4.69, 9.17) is 18.5 Å². The summed E-state index contributed by atoms with van der Waals surface area (Å²) < 4.78 is 65.4. The molecule has 4 aromatic carbocycles. The molecule has 0 aromatic heterocycles. The van der Waals surface area contributed by atoms with Gasteiger partial charge in [0.2, 0.25) is 0 Å². The van der Waals surface area contributed by atoms with Gasteiger partial charge in [0.15, 0.2) is 0 Å². The van der Waals surface area contributed by atoms with Gasteiger partial charge in [-0.1, -0.05) is 59.9 Å². The second-order valence-corrected chi connectivity index (χ2v) is 12.1. The number of phosphoric acid groups is 1. The number of ether oxygens (including phenoxy) is 2. The molecule has 0 N–H and O–H groups in total. The Hall–Kier alpha value is -2.69. The van der Waals surface area contributed by atoms with Gasteiger partial charge >= 0.3 is 37.4 Å². The molecule has 12 heteroatoms. The van der Waals surface area contributed by atoms with Crippen molar-refractivity contribution in [2.45, 2.75) is 19.6 Å². The molecule has 0 unspecified atom stereocenters. The Labute approximate surface area is 271 Å². The summed E-state index contributed by atoms with van der Waals surface area (Å²) in [5.41, 5.74) is 1.61. The Morgan fingerprint density at radius 1 is 0.643 bits per heavy atom. The summed E-state index contributed by atoms with van der Waals surface area (Å²) in [6.07, 6.45) is 2.90. The first-order valence-corrected chi connectivity index (χ1v) is 15.3. The zero-order valence-electron chi connectivity index (χ0n) is 22.6. The molecule has 6 nitrogen and oxygen atoms in total. The minimum absolute atomic E-state index is 0. The predicted molar refractivity (Wildman–Crippen MR) is 153 cm³/mol. The topological polar surface area (TPSA) is 77.1 Å². The fourth-order valence-electron chi connectivity index (χ4n) is 4.50. The van der Waals surface area contributed by atoms with Crippen molar-refractivity contribution in [3.05, 3.63) is 107 Å². The fraction of sp³-hybridized carbons (Fsp3) is 0.0667. The minimum Gasteiger partial charge on any atom is -0.736 e. The molecule has 0 saturated carbocycles. The molecule has 0 radical (unpaired) electrons. The van der Waals surface area contributed by atoms with Crippen molar-refractivity contribution in [1.82, 2.24) is 0 Å². The Bertz CT molecular complexity index is 1690. The molecule has 4 aromatic rings. The Morgan fingerprint density at radius 3 is 1.45 bits per heavy atom. The smallest absolute Gasteiger partial charge is 0.736 e. The van der Waals surface area contributed by atoms with Crippen LogP contribution in [0.25, 0.3) is 23.7 Å². The summed E-state index contributed by atoms with van der Waals surface area (Å²) in [4.78, 5) is 15.1. The molecule has 6 rings (SSSR count). The first kappa shape index (κ1) is 30.8. The van der Waals surface area contributed by atoms with Gasteiger partial charge in [0.1, 0.15) is 34.7 Å². The quantitative estimate of drug-likeness (QED) is 0.215. The van der Waals surface area contributed by atoms with Crippen LogP contribution in [0.1, 0.15) is 22.3 Å². The minimum atomic E-state index is -5.15. The van der Waals surface area contributed by atoms with Crippen molar-refractivity contribution in [2.24, 2.45) is 0 Å².